The van der Waals surface area contributed by atoms with Crippen molar-refractivity contribution >= 4 is 28.3 Å². The van der Waals surface area contributed by atoms with Crippen LogP contribution in [0.5, 0.6) is 0 Å². The molecule has 5 nitrogen and oxygen atoms in total. The van der Waals surface area contributed by atoms with Crippen molar-refractivity contribution in [2.24, 2.45) is 16.5 Å². The molecule has 0 aromatic heterocycles. The Hall–Kier alpha value is -3.79. The summed E-state index contributed by atoms with van der Waals surface area (Å²) in [6.45, 7) is 7.34. The van der Waals surface area contributed by atoms with Gasteiger partial charge < -0.3 is 11.5 Å². The van der Waals surface area contributed by atoms with Crippen LogP contribution in [0, 0.1) is 18.2 Å². The van der Waals surface area contributed by atoms with E-state index in [0.29, 0.717) is 10.8 Å². The van der Waals surface area contributed by atoms with Crippen LogP contribution in [-0.4, -0.2) is 11.9 Å². The fourth-order valence-corrected chi connectivity index (χ4v) is 2.72. The number of benzene rings is 3. The summed E-state index contributed by atoms with van der Waals surface area (Å²) < 4.78 is 28.7. The van der Waals surface area contributed by atoms with Crippen LogP contribution >= 0.6 is 0 Å². The van der Waals surface area contributed by atoms with E-state index in [2.05, 4.69) is 9.84 Å². The summed E-state index contributed by atoms with van der Waals surface area (Å²) in [4.78, 5) is 18.9. The number of hydrogen-bond donors (Lipinski definition) is 2. The zero-order valence-electron chi connectivity index (χ0n) is 13.3. The van der Waals surface area contributed by atoms with Crippen molar-refractivity contribution in [1.82, 2.24) is 0 Å². The Kier molecular flexibility index (Phi) is 4.33. The van der Waals surface area contributed by atoms with Gasteiger partial charge in [0.05, 0.1) is 6.57 Å². The van der Waals surface area contributed by atoms with Crippen LogP contribution in [0.25, 0.3) is 26.7 Å². The van der Waals surface area contributed by atoms with E-state index in [-0.39, 0.29) is 22.4 Å². The largest absolute Gasteiger partial charge is 0.370 e. The average molecular weight is 350 g/mol. The van der Waals surface area contributed by atoms with E-state index in [0.717, 1.165) is 12.1 Å². The van der Waals surface area contributed by atoms with Crippen molar-refractivity contribution in [1.29, 1.82) is 0 Å². The van der Waals surface area contributed by atoms with Crippen molar-refractivity contribution in [2.75, 3.05) is 0 Å². The number of fused-ring (bicyclic) bond motifs is 1. The van der Waals surface area contributed by atoms with Gasteiger partial charge in [-0.1, -0.05) is 24.3 Å². The van der Waals surface area contributed by atoms with Gasteiger partial charge in [0.1, 0.15) is 11.6 Å². The number of aliphatic imine (C=N–C) groups is 1. The van der Waals surface area contributed by atoms with E-state index >= 15 is 0 Å². The molecular weight excluding hydrogens is 338 g/mol. The Morgan fingerprint density at radius 1 is 1.00 bits per heavy atom. The maximum atomic E-state index is 14.3. The third kappa shape index (κ3) is 2.96. The molecule has 0 aliphatic heterocycles. The summed E-state index contributed by atoms with van der Waals surface area (Å²) in [7, 11) is 0. The molecule has 0 unspecified atom stereocenters. The molecule has 3 rings (SSSR count). The first-order chi connectivity index (χ1) is 12.4. The molecule has 3 aromatic rings. The zero-order chi connectivity index (χ0) is 18.8. The summed E-state index contributed by atoms with van der Waals surface area (Å²) in [6.07, 6.45) is 0. The van der Waals surface area contributed by atoms with Gasteiger partial charge in [0.15, 0.2) is 11.6 Å². The molecular formula is C19H12F2N4O. The van der Waals surface area contributed by atoms with Gasteiger partial charge in [-0.3, -0.25) is 4.79 Å². The molecule has 0 spiro atoms. The van der Waals surface area contributed by atoms with Crippen LogP contribution in [0.2, 0.25) is 0 Å². The second-order valence-corrected chi connectivity index (χ2v) is 5.45. The Morgan fingerprint density at radius 2 is 1.65 bits per heavy atom. The lowest BCUT2D eigenvalue weighted by Gasteiger charge is -2.12. The standard InChI is InChI=1S/C19H12F2N4O/c1-24-15-8-7-10-5-6-11(18(26)25-19(22)23)9-12(10)16(15)17-13(20)3-2-4-14(17)21/h2-9H,(H4,22,23,25,26). The summed E-state index contributed by atoms with van der Waals surface area (Å²) >= 11 is 0. The van der Waals surface area contributed by atoms with Gasteiger partial charge in [0.25, 0.3) is 5.91 Å². The first-order valence-corrected chi connectivity index (χ1v) is 7.45. The highest BCUT2D eigenvalue weighted by atomic mass is 19.1. The number of carbonyl (C=O) groups is 1. The molecule has 26 heavy (non-hydrogen) atoms. The number of hydrogen-bond acceptors (Lipinski definition) is 1. The van der Waals surface area contributed by atoms with Crippen molar-refractivity contribution in [2.45, 2.75) is 0 Å². The first kappa shape index (κ1) is 17.0. The van der Waals surface area contributed by atoms with Gasteiger partial charge in [0, 0.05) is 16.7 Å². The van der Waals surface area contributed by atoms with Gasteiger partial charge in [-0.05, 0) is 35.0 Å². The van der Waals surface area contributed by atoms with Gasteiger partial charge in [-0.25, -0.2) is 13.6 Å². The van der Waals surface area contributed by atoms with Gasteiger partial charge in [0.2, 0.25) is 0 Å². The van der Waals surface area contributed by atoms with E-state index in [9.17, 15) is 13.6 Å². The normalized spacial score (nSPS) is 10.3. The quantitative estimate of drug-likeness (QED) is 0.419. The van der Waals surface area contributed by atoms with Gasteiger partial charge in [-0.2, -0.15) is 4.99 Å². The van der Waals surface area contributed by atoms with Crippen LogP contribution in [0.15, 0.2) is 53.5 Å². The number of nitrogens with zero attached hydrogens (tertiary/aromatic N) is 2. The number of nitrogens with two attached hydrogens (primary N) is 2. The molecule has 0 radical (unpaired) electrons. The van der Waals surface area contributed by atoms with E-state index in [4.69, 9.17) is 18.0 Å². The number of halogens is 2. The van der Waals surface area contributed by atoms with Crippen LogP contribution in [-0.2, 0) is 0 Å². The third-order valence-electron chi connectivity index (χ3n) is 3.81. The van der Waals surface area contributed by atoms with Crippen molar-refractivity contribution in [3.8, 4) is 11.1 Å². The Labute approximate surface area is 147 Å². The molecule has 0 heterocycles. The number of carbonyl (C=O) groups excluding carboxylic acids is 1. The van der Waals surface area contributed by atoms with Gasteiger partial charge >= 0.3 is 0 Å². The second-order valence-electron chi connectivity index (χ2n) is 5.45. The van der Waals surface area contributed by atoms with Crippen LogP contribution in [0.3, 0.4) is 0 Å². The molecule has 0 aliphatic rings. The maximum absolute atomic E-state index is 14.3. The Bertz CT molecular complexity index is 1090. The molecule has 0 bridgehead atoms. The summed E-state index contributed by atoms with van der Waals surface area (Å²) in [6, 6.07) is 11.1. The minimum Gasteiger partial charge on any atom is -0.370 e. The van der Waals surface area contributed by atoms with Crippen molar-refractivity contribution in [3.05, 3.63) is 77.1 Å². The van der Waals surface area contributed by atoms with Gasteiger partial charge in [-0.15, -0.1) is 0 Å². The molecule has 1 amide bonds. The predicted octanol–water partition coefficient (Wildman–Crippen LogP) is 3.75. The number of guanidine groups is 1. The van der Waals surface area contributed by atoms with Crippen molar-refractivity contribution < 1.29 is 13.6 Å². The van der Waals surface area contributed by atoms with Crippen molar-refractivity contribution in [3.63, 3.8) is 0 Å². The fourth-order valence-electron chi connectivity index (χ4n) is 2.72. The summed E-state index contributed by atoms with van der Waals surface area (Å²) in [5.74, 6) is -2.70. The SMILES string of the molecule is [C-]#[N+]c1ccc2ccc(C(=O)N=C(N)N)cc2c1-c1c(F)cccc1F. The monoisotopic (exact) mass is 350 g/mol. The lowest BCUT2D eigenvalue weighted by Crippen LogP contribution is -2.24. The second kappa shape index (κ2) is 6.61. The maximum Gasteiger partial charge on any atom is 0.280 e. The predicted molar refractivity (Wildman–Crippen MR) is 95.7 cm³/mol. The average Bonchev–Trinajstić information content (AvgIpc) is 2.60. The van der Waals surface area contributed by atoms with Crippen LogP contribution < -0.4 is 11.5 Å². The molecule has 0 fully saturated rings. The van der Waals surface area contributed by atoms with E-state index in [1.165, 1.54) is 24.3 Å². The summed E-state index contributed by atoms with van der Waals surface area (Å²) in [5, 5.41) is 0.954. The highest BCUT2D eigenvalue weighted by molar-refractivity contribution is 6.08. The molecule has 3 aromatic carbocycles. The zero-order valence-corrected chi connectivity index (χ0v) is 13.3. The molecule has 0 aliphatic carbocycles. The highest BCUT2D eigenvalue weighted by Crippen LogP contribution is 2.40. The van der Waals surface area contributed by atoms with Crippen LogP contribution in [0.1, 0.15) is 10.4 Å². The van der Waals surface area contributed by atoms with E-state index in [1.54, 1.807) is 12.1 Å². The molecule has 4 N–H and O–H groups in total. The smallest absolute Gasteiger partial charge is 0.280 e. The number of rotatable bonds is 2. The lowest BCUT2D eigenvalue weighted by atomic mass is 9.94. The Morgan fingerprint density at radius 3 is 2.27 bits per heavy atom. The molecule has 128 valence electrons. The topological polar surface area (TPSA) is 85.8 Å². The molecule has 0 saturated carbocycles. The lowest BCUT2D eigenvalue weighted by molar-refractivity contribution is 0.100. The third-order valence-corrected chi connectivity index (χ3v) is 3.81. The first-order valence-electron chi connectivity index (χ1n) is 7.45. The molecule has 0 saturated heterocycles. The highest BCUT2D eigenvalue weighted by Gasteiger charge is 2.19. The van der Waals surface area contributed by atoms with Crippen LogP contribution in [0.4, 0.5) is 14.5 Å². The molecule has 0 atom stereocenters. The number of amides is 1. The minimum absolute atomic E-state index is 0.0629. The molecule has 7 heteroatoms. The van der Waals surface area contributed by atoms with E-state index < -0.39 is 23.5 Å². The minimum atomic E-state index is -0.802. The summed E-state index contributed by atoms with van der Waals surface area (Å²) in [5.41, 5.74) is 10.4. The fraction of sp³-hybridized carbons (Fsp3) is 0. The Balaban J connectivity index is 2.38. The van der Waals surface area contributed by atoms with E-state index in [1.807, 2.05) is 0 Å².